The van der Waals surface area contributed by atoms with Crippen molar-refractivity contribution in [1.82, 2.24) is 16.0 Å². The smallest absolute Gasteiger partial charge is 0.242 e. The van der Waals surface area contributed by atoms with Gasteiger partial charge in [-0.1, -0.05) is 5.92 Å². The van der Waals surface area contributed by atoms with Crippen LogP contribution in [0.4, 0.5) is 0 Å². The molecule has 1 unspecified atom stereocenters. The zero-order valence-corrected chi connectivity index (χ0v) is 8.39. The largest absolute Gasteiger partial charge is 0.357 e. The Morgan fingerprint density at radius 3 is 2.64 bits per heavy atom. The summed E-state index contributed by atoms with van der Waals surface area (Å²) in [4.78, 5) is 22.1. The van der Waals surface area contributed by atoms with Gasteiger partial charge in [0.05, 0.1) is 13.1 Å². The fourth-order valence-electron chi connectivity index (χ4n) is 0.823. The molecule has 0 aliphatic carbocycles. The third-order valence-corrected chi connectivity index (χ3v) is 1.53. The van der Waals surface area contributed by atoms with E-state index in [-0.39, 0.29) is 18.4 Å². The minimum atomic E-state index is -0.528. The lowest BCUT2D eigenvalue weighted by atomic mass is 10.3. The highest BCUT2D eigenvalue weighted by atomic mass is 16.2. The number of terminal acetylenes is 1. The molecule has 0 spiro atoms. The number of rotatable bonds is 5. The van der Waals surface area contributed by atoms with E-state index in [1.807, 2.05) is 0 Å². The van der Waals surface area contributed by atoms with Crippen LogP contribution in [0.2, 0.25) is 0 Å². The monoisotopic (exact) mass is 197 g/mol. The molecule has 5 nitrogen and oxygen atoms in total. The van der Waals surface area contributed by atoms with E-state index in [4.69, 9.17) is 6.42 Å². The van der Waals surface area contributed by atoms with Gasteiger partial charge >= 0.3 is 0 Å². The molecule has 0 aromatic carbocycles. The Morgan fingerprint density at radius 1 is 1.50 bits per heavy atom. The predicted molar refractivity (Wildman–Crippen MR) is 53.4 cm³/mol. The lowest BCUT2D eigenvalue weighted by molar-refractivity contribution is -0.127. The van der Waals surface area contributed by atoms with Gasteiger partial charge in [-0.15, -0.1) is 6.42 Å². The molecule has 0 aliphatic heterocycles. The van der Waals surface area contributed by atoms with E-state index >= 15 is 0 Å². The van der Waals surface area contributed by atoms with Crippen LogP contribution in [-0.4, -0.2) is 38.0 Å². The second-order valence-corrected chi connectivity index (χ2v) is 2.71. The highest BCUT2D eigenvalue weighted by Gasteiger charge is 2.12. The molecule has 0 aromatic heterocycles. The standard InChI is InChI=1S/C9H15N3O2/c1-4-5-11-6-8(13)12-7(2)9(14)10-3/h1,7,11H,5-6H2,2-3H3,(H,10,14)(H,12,13). The number of amides is 2. The lowest BCUT2D eigenvalue weighted by Gasteiger charge is -2.11. The fourth-order valence-corrected chi connectivity index (χ4v) is 0.823. The van der Waals surface area contributed by atoms with Crippen LogP contribution in [0.15, 0.2) is 0 Å². The second-order valence-electron chi connectivity index (χ2n) is 2.71. The Morgan fingerprint density at radius 2 is 2.14 bits per heavy atom. The summed E-state index contributed by atoms with van der Waals surface area (Å²) >= 11 is 0. The van der Waals surface area contributed by atoms with Crippen LogP contribution in [0.25, 0.3) is 0 Å². The summed E-state index contributed by atoms with van der Waals surface area (Å²) in [5.41, 5.74) is 0. The van der Waals surface area contributed by atoms with Gasteiger partial charge in [0, 0.05) is 7.05 Å². The van der Waals surface area contributed by atoms with Crippen molar-refractivity contribution in [3.05, 3.63) is 0 Å². The summed E-state index contributed by atoms with van der Waals surface area (Å²) in [5.74, 6) is 1.86. The van der Waals surface area contributed by atoms with Crippen molar-refractivity contribution in [2.24, 2.45) is 0 Å². The average molecular weight is 197 g/mol. The molecule has 1 atom stereocenters. The molecule has 5 heteroatoms. The Hall–Kier alpha value is -1.54. The molecule has 0 saturated carbocycles. The summed E-state index contributed by atoms with van der Waals surface area (Å²) in [6, 6.07) is -0.528. The van der Waals surface area contributed by atoms with E-state index in [1.165, 1.54) is 7.05 Å². The number of carbonyl (C=O) groups excluding carboxylic acids is 2. The average Bonchev–Trinajstić information content (AvgIpc) is 2.16. The van der Waals surface area contributed by atoms with E-state index in [2.05, 4.69) is 21.9 Å². The minimum Gasteiger partial charge on any atom is -0.357 e. The molecule has 0 saturated heterocycles. The van der Waals surface area contributed by atoms with Crippen LogP contribution in [0.1, 0.15) is 6.92 Å². The lowest BCUT2D eigenvalue weighted by Crippen LogP contribution is -2.46. The number of hydrogen-bond donors (Lipinski definition) is 3. The molecule has 78 valence electrons. The third kappa shape index (κ3) is 5.17. The number of nitrogens with one attached hydrogen (secondary N) is 3. The van der Waals surface area contributed by atoms with Crippen molar-refractivity contribution in [2.45, 2.75) is 13.0 Å². The molecular weight excluding hydrogens is 182 g/mol. The van der Waals surface area contributed by atoms with Gasteiger partial charge in [-0.3, -0.25) is 14.9 Å². The molecular formula is C9H15N3O2. The van der Waals surface area contributed by atoms with Crippen LogP contribution >= 0.6 is 0 Å². The van der Waals surface area contributed by atoms with Gasteiger partial charge in [-0.05, 0) is 6.92 Å². The molecule has 14 heavy (non-hydrogen) atoms. The maximum atomic E-state index is 11.1. The first kappa shape index (κ1) is 12.5. The minimum absolute atomic E-state index is 0.117. The Kier molecular flexibility index (Phi) is 6.16. The summed E-state index contributed by atoms with van der Waals surface area (Å²) in [5, 5.41) is 7.66. The molecule has 0 radical (unpaired) electrons. The van der Waals surface area contributed by atoms with Gasteiger partial charge in [0.1, 0.15) is 6.04 Å². The van der Waals surface area contributed by atoms with Gasteiger partial charge in [0.2, 0.25) is 11.8 Å². The summed E-state index contributed by atoms with van der Waals surface area (Å²) in [7, 11) is 1.52. The Labute approximate surface area is 83.6 Å². The molecule has 0 aromatic rings. The molecule has 3 N–H and O–H groups in total. The van der Waals surface area contributed by atoms with Gasteiger partial charge in [-0.25, -0.2) is 0 Å². The first-order chi connectivity index (χ1) is 6.61. The first-order valence-electron chi connectivity index (χ1n) is 4.27. The second kappa shape index (κ2) is 6.92. The zero-order valence-electron chi connectivity index (χ0n) is 8.39. The van der Waals surface area contributed by atoms with Crippen LogP contribution in [0.5, 0.6) is 0 Å². The molecule has 0 heterocycles. The van der Waals surface area contributed by atoms with Crippen molar-refractivity contribution in [3.63, 3.8) is 0 Å². The van der Waals surface area contributed by atoms with E-state index in [0.29, 0.717) is 6.54 Å². The predicted octanol–water partition coefficient (Wildman–Crippen LogP) is -1.54. The van der Waals surface area contributed by atoms with E-state index in [9.17, 15) is 9.59 Å². The third-order valence-electron chi connectivity index (χ3n) is 1.53. The molecule has 0 fully saturated rings. The SMILES string of the molecule is C#CCNCC(=O)NC(C)C(=O)NC. The number of hydrogen-bond acceptors (Lipinski definition) is 3. The van der Waals surface area contributed by atoms with Gasteiger partial charge in [-0.2, -0.15) is 0 Å². The number of likely N-dealkylation sites (N-methyl/N-ethyl adjacent to an activating group) is 1. The highest BCUT2D eigenvalue weighted by Crippen LogP contribution is 1.80. The topological polar surface area (TPSA) is 70.2 Å². The highest BCUT2D eigenvalue weighted by molar-refractivity contribution is 5.87. The van der Waals surface area contributed by atoms with Crippen LogP contribution < -0.4 is 16.0 Å². The zero-order chi connectivity index (χ0) is 11.0. The van der Waals surface area contributed by atoms with Crippen molar-refractivity contribution in [1.29, 1.82) is 0 Å². The summed E-state index contributed by atoms with van der Waals surface area (Å²) < 4.78 is 0. The molecule has 2 amide bonds. The molecule has 0 aliphatic rings. The van der Waals surface area contributed by atoms with Crippen molar-refractivity contribution >= 4 is 11.8 Å². The van der Waals surface area contributed by atoms with Crippen LogP contribution in [0.3, 0.4) is 0 Å². The molecule has 0 rings (SSSR count). The quantitative estimate of drug-likeness (QED) is 0.369. The van der Waals surface area contributed by atoms with Gasteiger partial charge in [0.25, 0.3) is 0 Å². The van der Waals surface area contributed by atoms with Crippen LogP contribution in [0, 0.1) is 12.3 Å². The van der Waals surface area contributed by atoms with E-state index in [0.717, 1.165) is 0 Å². The van der Waals surface area contributed by atoms with Crippen molar-refractivity contribution < 1.29 is 9.59 Å². The number of carbonyl (C=O) groups is 2. The first-order valence-corrected chi connectivity index (χ1v) is 4.27. The van der Waals surface area contributed by atoms with E-state index < -0.39 is 6.04 Å². The van der Waals surface area contributed by atoms with Crippen LogP contribution in [-0.2, 0) is 9.59 Å². The maximum absolute atomic E-state index is 11.1. The van der Waals surface area contributed by atoms with Gasteiger partial charge in [0.15, 0.2) is 0 Å². The van der Waals surface area contributed by atoms with Gasteiger partial charge < -0.3 is 10.6 Å². The Balaban J connectivity index is 3.72. The molecule has 0 bridgehead atoms. The van der Waals surface area contributed by atoms with E-state index in [1.54, 1.807) is 6.92 Å². The normalized spacial score (nSPS) is 11.2. The van der Waals surface area contributed by atoms with Crippen molar-refractivity contribution in [3.8, 4) is 12.3 Å². The summed E-state index contributed by atoms with van der Waals surface area (Å²) in [6.45, 7) is 2.06. The van der Waals surface area contributed by atoms with Crippen molar-refractivity contribution in [2.75, 3.05) is 20.1 Å². The fraction of sp³-hybridized carbons (Fsp3) is 0.556. The maximum Gasteiger partial charge on any atom is 0.242 e. The summed E-state index contributed by atoms with van der Waals surface area (Å²) in [6.07, 6.45) is 4.98. The Bertz CT molecular complexity index is 245.